The summed E-state index contributed by atoms with van der Waals surface area (Å²) in [7, 11) is 0. The van der Waals surface area contributed by atoms with Gasteiger partial charge in [-0.25, -0.2) is 0 Å². The van der Waals surface area contributed by atoms with Gasteiger partial charge in [-0.05, 0) is 49.1 Å². The van der Waals surface area contributed by atoms with E-state index in [1.54, 1.807) is 11.8 Å². The minimum Gasteiger partial charge on any atom is -0.326 e. The molecule has 0 aromatic heterocycles. The summed E-state index contributed by atoms with van der Waals surface area (Å²) < 4.78 is 0. The maximum Gasteiger partial charge on any atom is 0.238 e. The lowest BCUT2D eigenvalue weighted by molar-refractivity contribution is -0.117. The van der Waals surface area contributed by atoms with Crippen LogP contribution in [-0.2, 0) is 9.59 Å². The first kappa shape index (κ1) is 19.5. The summed E-state index contributed by atoms with van der Waals surface area (Å²) >= 11 is 1.62. The van der Waals surface area contributed by atoms with Crippen LogP contribution >= 0.6 is 11.8 Å². The Morgan fingerprint density at radius 2 is 2.00 bits per heavy atom. The van der Waals surface area contributed by atoms with Crippen molar-refractivity contribution < 1.29 is 9.59 Å². The van der Waals surface area contributed by atoms with Crippen molar-refractivity contribution in [1.82, 2.24) is 0 Å². The van der Waals surface area contributed by atoms with E-state index < -0.39 is 0 Å². The minimum atomic E-state index is -0.0825. The number of hydrogen-bond acceptors (Lipinski definition) is 3. The van der Waals surface area contributed by atoms with Gasteiger partial charge >= 0.3 is 0 Å². The molecule has 2 amide bonds. The van der Waals surface area contributed by atoms with Gasteiger partial charge in [0.05, 0.1) is 5.75 Å². The van der Waals surface area contributed by atoms with E-state index in [0.29, 0.717) is 18.1 Å². The molecular formula is C22H26N2O2S. The molecule has 1 heterocycles. The summed E-state index contributed by atoms with van der Waals surface area (Å²) in [6, 6.07) is 14.0. The number of amides is 2. The second-order valence-corrected chi connectivity index (χ2v) is 8.56. The molecule has 1 atom stereocenters. The molecule has 4 nitrogen and oxygen atoms in total. The number of benzene rings is 2. The number of rotatable bonds is 5. The molecule has 0 radical (unpaired) electrons. The molecule has 5 heteroatoms. The Morgan fingerprint density at radius 1 is 1.22 bits per heavy atom. The van der Waals surface area contributed by atoms with Crippen molar-refractivity contribution in [3.63, 3.8) is 0 Å². The molecule has 0 saturated carbocycles. The van der Waals surface area contributed by atoms with Crippen LogP contribution in [0.1, 0.15) is 42.3 Å². The fraction of sp³-hybridized carbons (Fsp3) is 0.364. The number of aryl methyl sites for hydroxylation is 2. The number of anilines is 2. The average molecular weight is 383 g/mol. The van der Waals surface area contributed by atoms with Crippen molar-refractivity contribution >= 4 is 35.0 Å². The fourth-order valence-corrected chi connectivity index (χ4v) is 4.52. The highest BCUT2D eigenvalue weighted by Crippen LogP contribution is 2.43. The van der Waals surface area contributed by atoms with Crippen molar-refractivity contribution in [3.8, 4) is 0 Å². The maximum atomic E-state index is 12.6. The van der Waals surface area contributed by atoms with Gasteiger partial charge in [-0.2, -0.15) is 0 Å². The predicted octanol–water partition coefficient (Wildman–Crippen LogP) is 5.07. The van der Waals surface area contributed by atoms with Crippen LogP contribution < -0.4 is 10.2 Å². The molecule has 1 aliphatic rings. The number of nitrogens with one attached hydrogen (secondary N) is 1. The van der Waals surface area contributed by atoms with Gasteiger partial charge < -0.3 is 5.32 Å². The number of nitrogens with zero attached hydrogens (tertiary/aromatic N) is 1. The van der Waals surface area contributed by atoms with Crippen LogP contribution in [0.25, 0.3) is 0 Å². The van der Waals surface area contributed by atoms with E-state index in [2.05, 4.69) is 18.3 Å². The van der Waals surface area contributed by atoms with Gasteiger partial charge in [0.15, 0.2) is 0 Å². The van der Waals surface area contributed by atoms with Gasteiger partial charge in [0, 0.05) is 17.8 Å². The van der Waals surface area contributed by atoms with E-state index in [0.717, 1.165) is 22.5 Å². The van der Waals surface area contributed by atoms with Crippen molar-refractivity contribution in [2.24, 2.45) is 5.92 Å². The van der Waals surface area contributed by atoms with Crippen molar-refractivity contribution in [2.75, 3.05) is 16.0 Å². The third kappa shape index (κ3) is 4.53. The van der Waals surface area contributed by atoms with Gasteiger partial charge in [-0.3, -0.25) is 14.5 Å². The summed E-state index contributed by atoms with van der Waals surface area (Å²) in [5.74, 6) is 0.910. The molecule has 1 N–H and O–H groups in total. The van der Waals surface area contributed by atoms with Crippen LogP contribution in [0.5, 0.6) is 0 Å². The zero-order valence-corrected chi connectivity index (χ0v) is 17.1. The van der Waals surface area contributed by atoms with Crippen LogP contribution in [0.15, 0.2) is 42.5 Å². The fourth-order valence-electron chi connectivity index (χ4n) is 3.36. The lowest BCUT2D eigenvalue weighted by atomic mass is 10.1. The summed E-state index contributed by atoms with van der Waals surface area (Å²) in [5.41, 5.74) is 5.03. The van der Waals surface area contributed by atoms with E-state index >= 15 is 0 Å². The SMILES string of the molecule is Cc1ccc(N2C(=O)CSC2c2cccc(NC(=O)CC(C)C)c2)c(C)c1. The Bertz CT molecular complexity index is 863. The third-order valence-corrected chi connectivity index (χ3v) is 5.74. The third-order valence-electron chi connectivity index (χ3n) is 4.53. The van der Waals surface area contributed by atoms with Crippen LogP contribution in [0.2, 0.25) is 0 Å². The van der Waals surface area contributed by atoms with E-state index in [9.17, 15) is 9.59 Å². The van der Waals surface area contributed by atoms with E-state index in [1.165, 1.54) is 5.56 Å². The molecule has 1 saturated heterocycles. The van der Waals surface area contributed by atoms with E-state index in [-0.39, 0.29) is 17.2 Å². The predicted molar refractivity (Wildman–Crippen MR) is 113 cm³/mol. The summed E-state index contributed by atoms with van der Waals surface area (Å²) in [5, 5.41) is 2.89. The number of carbonyl (C=O) groups excluding carboxylic acids is 2. The van der Waals surface area contributed by atoms with E-state index in [4.69, 9.17) is 0 Å². The molecule has 1 unspecified atom stereocenters. The topological polar surface area (TPSA) is 49.4 Å². The summed E-state index contributed by atoms with van der Waals surface area (Å²) in [6.07, 6.45) is 0.496. The van der Waals surface area contributed by atoms with Crippen molar-refractivity contribution in [3.05, 3.63) is 59.2 Å². The molecule has 2 aromatic rings. The van der Waals surface area contributed by atoms with Crippen LogP contribution in [0, 0.1) is 19.8 Å². The molecule has 1 aliphatic heterocycles. The molecule has 3 rings (SSSR count). The molecule has 0 bridgehead atoms. The highest BCUT2D eigenvalue weighted by molar-refractivity contribution is 8.00. The van der Waals surface area contributed by atoms with Gasteiger partial charge in [0.25, 0.3) is 0 Å². The molecule has 27 heavy (non-hydrogen) atoms. The van der Waals surface area contributed by atoms with Crippen LogP contribution in [-0.4, -0.2) is 17.6 Å². The minimum absolute atomic E-state index is 0.0172. The van der Waals surface area contributed by atoms with Gasteiger partial charge in [-0.15, -0.1) is 11.8 Å². The van der Waals surface area contributed by atoms with Crippen molar-refractivity contribution in [1.29, 1.82) is 0 Å². The second kappa shape index (κ2) is 8.17. The molecule has 0 aliphatic carbocycles. The zero-order valence-electron chi connectivity index (χ0n) is 16.3. The van der Waals surface area contributed by atoms with Gasteiger partial charge in [-0.1, -0.05) is 43.7 Å². The highest BCUT2D eigenvalue weighted by atomic mass is 32.2. The summed E-state index contributed by atoms with van der Waals surface area (Å²) in [4.78, 5) is 26.6. The highest BCUT2D eigenvalue weighted by Gasteiger charge is 2.34. The molecule has 1 fully saturated rings. The van der Waals surface area contributed by atoms with E-state index in [1.807, 2.05) is 62.1 Å². The molecule has 0 spiro atoms. The first-order valence-corrected chi connectivity index (χ1v) is 10.3. The Labute approximate surface area is 165 Å². The van der Waals surface area contributed by atoms with Gasteiger partial charge in [0.1, 0.15) is 5.37 Å². The zero-order chi connectivity index (χ0) is 19.6. The summed E-state index contributed by atoms with van der Waals surface area (Å²) in [6.45, 7) is 8.15. The maximum absolute atomic E-state index is 12.6. The Balaban J connectivity index is 1.87. The smallest absolute Gasteiger partial charge is 0.238 e. The van der Waals surface area contributed by atoms with Crippen LogP contribution in [0.3, 0.4) is 0 Å². The van der Waals surface area contributed by atoms with Crippen LogP contribution in [0.4, 0.5) is 11.4 Å². The molecule has 142 valence electrons. The largest absolute Gasteiger partial charge is 0.326 e. The standard InChI is InChI=1S/C22H26N2O2S/c1-14(2)10-20(25)23-18-7-5-6-17(12-18)22-24(21(26)13-27-22)19-9-8-15(3)11-16(19)4/h5-9,11-12,14,22H,10,13H2,1-4H3,(H,23,25). The Kier molecular flexibility index (Phi) is 5.90. The lowest BCUT2D eigenvalue weighted by Crippen LogP contribution is -2.28. The Morgan fingerprint density at radius 3 is 2.70 bits per heavy atom. The average Bonchev–Trinajstić information content (AvgIpc) is 2.96. The monoisotopic (exact) mass is 382 g/mol. The quantitative estimate of drug-likeness (QED) is 0.786. The number of thioether (sulfide) groups is 1. The lowest BCUT2D eigenvalue weighted by Gasteiger charge is -2.26. The molecule has 2 aromatic carbocycles. The molecular weight excluding hydrogens is 356 g/mol. The normalized spacial score (nSPS) is 16.9. The van der Waals surface area contributed by atoms with Gasteiger partial charge in [0.2, 0.25) is 11.8 Å². The second-order valence-electron chi connectivity index (χ2n) is 7.49. The van der Waals surface area contributed by atoms with Crippen molar-refractivity contribution in [2.45, 2.75) is 39.5 Å². The number of carbonyl (C=O) groups is 2. The Hall–Kier alpha value is -2.27. The first-order valence-electron chi connectivity index (χ1n) is 9.26. The number of hydrogen-bond donors (Lipinski definition) is 1. The first-order chi connectivity index (χ1) is 12.8.